The lowest BCUT2D eigenvalue weighted by atomic mass is 10.2. The van der Waals surface area contributed by atoms with E-state index in [0.717, 1.165) is 0 Å². The van der Waals surface area contributed by atoms with Crippen LogP contribution < -0.4 is 0 Å². The summed E-state index contributed by atoms with van der Waals surface area (Å²) in [6.45, 7) is 4.59. The van der Waals surface area contributed by atoms with Gasteiger partial charge in [-0.05, 0) is 0 Å². The molecule has 0 N–H and O–H groups in total. The van der Waals surface area contributed by atoms with Crippen LogP contribution in [0.4, 0.5) is 0 Å². The minimum Gasteiger partial charge on any atom is -0.0746 e. The van der Waals surface area contributed by atoms with Crippen molar-refractivity contribution in [2.24, 2.45) is 0 Å². The monoisotopic (exact) mass is 129 g/mol. The van der Waals surface area contributed by atoms with Gasteiger partial charge in [0.05, 0.1) is 0 Å². The lowest BCUT2D eigenvalue weighted by Crippen LogP contribution is -1.83. The van der Waals surface area contributed by atoms with Crippen molar-refractivity contribution >= 4 is 9.52 Å². The van der Waals surface area contributed by atoms with Crippen LogP contribution in [0.2, 0.25) is 6.55 Å². The van der Waals surface area contributed by atoms with E-state index in [9.17, 15) is 0 Å². The Hall–Kier alpha value is 0.217. The minimum absolute atomic E-state index is 0.261. The van der Waals surface area contributed by atoms with Gasteiger partial charge in [0.25, 0.3) is 0 Å². The predicted octanol–water partition coefficient (Wildman–Crippen LogP) is 1.95. The second-order valence-electron chi connectivity index (χ2n) is 2.19. The molecule has 0 amide bonds. The maximum Gasteiger partial charge on any atom is 0.0200 e. The fourth-order valence-corrected chi connectivity index (χ4v) is 1.44. The van der Waals surface area contributed by atoms with Gasteiger partial charge >= 0.3 is 0 Å². The van der Waals surface area contributed by atoms with E-state index in [1.807, 2.05) is 0 Å². The maximum absolute atomic E-state index is 2.50. The molecule has 0 unspecified atom stereocenters. The van der Waals surface area contributed by atoms with E-state index >= 15 is 0 Å². The zero-order valence-corrected chi connectivity index (χ0v) is 7.53. The molecule has 0 aromatic heterocycles. The molecule has 0 saturated heterocycles. The molecule has 1 radical (unpaired) electrons. The first-order valence-corrected chi connectivity index (χ1v) is 5.96. The van der Waals surface area contributed by atoms with Crippen molar-refractivity contribution in [3.05, 3.63) is 6.04 Å². The van der Waals surface area contributed by atoms with Crippen LogP contribution in [0.1, 0.15) is 32.6 Å². The van der Waals surface area contributed by atoms with Crippen molar-refractivity contribution in [1.29, 1.82) is 0 Å². The molecule has 0 aliphatic carbocycles. The van der Waals surface area contributed by atoms with Crippen molar-refractivity contribution in [2.75, 3.05) is 0 Å². The van der Waals surface area contributed by atoms with Crippen LogP contribution >= 0.6 is 0 Å². The number of hydrogen-bond donors (Lipinski definition) is 0. The van der Waals surface area contributed by atoms with Crippen LogP contribution in [-0.2, 0) is 0 Å². The predicted molar refractivity (Wildman–Crippen MR) is 42.9 cm³/mol. The molecule has 0 aliphatic rings. The van der Waals surface area contributed by atoms with Crippen LogP contribution in [-0.4, -0.2) is 9.52 Å². The van der Waals surface area contributed by atoms with Crippen LogP contribution in [0.15, 0.2) is 0 Å². The van der Waals surface area contributed by atoms with Gasteiger partial charge in [0.15, 0.2) is 0 Å². The van der Waals surface area contributed by atoms with Gasteiger partial charge in [-0.15, -0.1) is 0 Å². The maximum atomic E-state index is 2.50. The molecular weight excluding hydrogens is 112 g/mol. The van der Waals surface area contributed by atoms with Crippen molar-refractivity contribution in [1.82, 2.24) is 0 Å². The third kappa shape index (κ3) is 6.22. The van der Waals surface area contributed by atoms with Crippen LogP contribution in [0.3, 0.4) is 0 Å². The average molecular weight is 129 g/mol. The molecule has 0 heterocycles. The molecule has 0 bridgehead atoms. The quantitative estimate of drug-likeness (QED) is 0.393. The Morgan fingerprint density at radius 1 is 1.38 bits per heavy atom. The summed E-state index contributed by atoms with van der Waals surface area (Å²) in [5.41, 5.74) is 0. The Balaban J connectivity index is 2.53. The topological polar surface area (TPSA) is 0 Å². The van der Waals surface area contributed by atoms with E-state index in [1.54, 1.807) is 0 Å². The van der Waals surface area contributed by atoms with E-state index < -0.39 is 0 Å². The van der Waals surface area contributed by atoms with E-state index in [0.29, 0.717) is 0 Å². The third-order valence-electron chi connectivity index (χ3n) is 1.30. The Morgan fingerprint density at radius 3 is 2.62 bits per heavy atom. The van der Waals surface area contributed by atoms with Crippen LogP contribution in [0, 0.1) is 6.04 Å². The summed E-state index contributed by atoms with van der Waals surface area (Å²) in [4.78, 5) is 0. The van der Waals surface area contributed by atoms with Gasteiger partial charge in [0.2, 0.25) is 0 Å². The number of rotatable bonds is 5. The normalized spacial score (nSPS) is 11.2. The largest absolute Gasteiger partial charge is 0.0746 e. The van der Waals surface area contributed by atoms with Gasteiger partial charge in [-0.3, -0.25) is 0 Å². The SMILES string of the molecule is CCCCC[CH][SiH2]C. The second-order valence-corrected chi connectivity index (χ2v) is 3.59. The summed E-state index contributed by atoms with van der Waals surface area (Å²) in [7, 11) is 0.261. The molecule has 0 saturated carbocycles. The van der Waals surface area contributed by atoms with Crippen molar-refractivity contribution in [2.45, 2.75) is 39.2 Å². The summed E-state index contributed by atoms with van der Waals surface area (Å²) in [5.74, 6) is 0. The van der Waals surface area contributed by atoms with Gasteiger partial charge in [-0.1, -0.05) is 45.2 Å². The second kappa shape index (κ2) is 7.22. The summed E-state index contributed by atoms with van der Waals surface area (Å²) < 4.78 is 0. The van der Waals surface area contributed by atoms with Gasteiger partial charge in [-0.25, -0.2) is 0 Å². The Morgan fingerprint density at radius 2 is 2.12 bits per heavy atom. The summed E-state index contributed by atoms with van der Waals surface area (Å²) >= 11 is 0. The van der Waals surface area contributed by atoms with Crippen molar-refractivity contribution in [3.63, 3.8) is 0 Å². The van der Waals surface area contributed by atoms with Gasteiger partial charge < -0.3 is 0 Å². The standard InChI is InChI=1S/C7H17Si/c1-3-4-5-6-7-8-2/h7H,3-6,8H2,1-2H3. The van der Waals surface area contributed by atoms with E-state index in [-0.39, 0.29) is 9.52 Å². The lowest BCUT2D eigenvalue weighted by Gasteiger charge is -1.93. The molecule has 0 rings (SSSR count). The van der Waals surface area contributed by atoms with Gasteiger partial charge in [-0.2, -0.15) is 0 Å². The van der Waals surface area contributed by atoms with Gasteiger partial charge in [0, 0.05) is 9.52 Å². The highest BCUT2D eigenvalue weighted by molar-refractivity contribution is 6.38. The Labute approximate surface area is 55.5 Å². The molecule has 0 nitrogen and oxygen atoms in total. The zero-order chi connectivity index (χ0) is 6.24. The highest BCUT2D eigenvalue weighted by Crippen LogP contribution is 1.99. The molecule has 0 atom stereocenters. The summed E-state index contributed by atoms with van der Waals surface area (Å²) in [6.07, 6.45) is 5.60. The first-order chi connectivity index (χ1) is 3.91. The Bertz CT molecular complexity index is 29.4. The highest BCUT2D eigenvalue weighted by atomic mass is 28.2. The molecule has 0 spiro atoms. The lowest BCUT2D eigenvalue weighted by molar-refractivity contribution is 0.722. The molecule has 1 heteroatoms. The van der Waals surface area contributed by atoms with Crippen molar-refractivity contribution in [3.8, 4) is 0 Å². The van der Waals surface area contributed by atoms with E-state index in [4.69, 9.17) is 0 Å². The molecule has 0 aromatic carbocycles. The Kier molecular flexibility index (Phi) is 7.41. The van der Waals surface area contributed by atoms with E-state index in [1.165, 1.54) is 25.7 Å². The molecule has 0 fully saturated rings. The fourth-order valence-electron chi connectivity index (χ4n) is 0.743. The van der Waals surface area contributed by atoms with E-state index in [2.05, 4.69) is 19.5 Å². The molecule has 0 aromatic rings. The fraction of sp³-hybridized carbons (Fsp3) is 0.857. The van der Waals surface area contributed by atoms with Crippen LogP contribution in [0.25, 0.3) is 0 Å². The number of unbranched alkanes of at least 4 members (excludes halogenated alkanes) is 3. The van der Waals surface area contributed by atoms with Crippen molar-refractivity contribution < 1.29 is 0 Å². The first-order valence-electron chi connectivity index (χ1n) is 3.73. The highest BCUT2D eigenvalue weighted by Gasteiger charge is 1.84. The third-order valence-corrected chi connectivity index (χ3v) is 2.29. The number of hydrogen-bond acceptors (Lipinski definition) is 0. The average Bonchev–Trinajstić information content (AvgIpc) is 1.81. The van der Waals surface area contributed by atoms with Crippen LogP contribution in [0.5, 0.6) is 0 Å². The zero-order valence-electron chi connectivity index (χ0n) is 6.11. The smallest absolute Gasteiger partial charge is 0.0200 e. The molecular formula is C7H17Si. The molecule has 0 aliphatic heterocycles. The summed E-state index contributed by atoms with van der Waals surface area (Å²) in [6, 6.07) is 2.50. The first kappa shape index (κ1) is 8.22. The summed E-state index contributed by atoms with van der Waals surface area (Å²) in [5, 5.41) is 0. The molecule has 49 valence electrons. The van der Waals surface area contributed by atoms with Gasteiger partial charge in [0.1, 0.15) is 0 Å². The molecule has 8 heavy (non-hydrogen) atoms. The minimum atomic E-state index is 0.261.